The monoisotopic (exact) mass is 486 g/mol. The first kappa shape index (κ1) is 22.8. The van der Waals surface area contributed by atoms with Crippen LogP contribution in [0.15, 0.2) is 65.1 Å². The number of phenols is 1. The number of aromatic hydroxyl groups is 1. The van der Waals surface area contributed by atoms with Crippen LogP contribution < -0.4 is 4.74 Å². The van der Waals surface area contributed by atoms with Crippen molar-refractivity contribution < 1.29 is 18.7 Å². The van der Waals surface area contributed by atoms with Crippen molar-refractivity contribution in [1.29, 1.82) is 0 Å². The average molecular weight is 487 g/mol. The van der Waals surface area contributed by atoms with Crippen molar-refractivity contribution in [3.8, 4) is 27.7 Å². The van der Waals surface area contributed by atoms with E-state index in [0.29, 0.717) is 23.3 Å². The molecular formula is C28H23FN2O3S. The molecule has 0 spiro atoms. The summed E-state index contributed by atoms with van der Waals surface area (Å²) in [6.45, 7) is 3.94. The van der Waals surface area contributed by atoms with Gasteiger partial charge in [-0.2, -0.15) is 0 Å². The number of aromatic nitrogens is 2. The van der Waals surface area contributed by atoms with Gasteiger partial charge < -0.3 is 14.3 Å². The molecule has 1 N–H and O–H groups in total. The molecule has 0 radical (unpaired) electrons. The van der Waals surface area contributed by atoms with E-state index in [2.05, 4.69) is 17.1 Å². The molecule has 2 heterocycles. The smallest absolute Gasteiger partial charge is 0.240 e. The van der Waals surface area contributed by atoms with Crippen LogP contribution >= 0.6 is 11.3 Å². The Hall–Kier alpha value is -3.97. The molecule has 0 aliphatic heterocycles. The predicted octanol–water partition coefficient (Wildman–Crippen LogP) is 8.02. The first-order chi connectivity index (χ1) is 17.0. The highest BCUT2D eigenvalue weighted by Crippen LogP contribution is 2.48. The maximum atomic E-state index is 13.7. The lowest BCUT2D eigenvalue weighted by Crippen LogP contribution is -1.88. The number of nitrogens with zero attached hydrogens (tertiary/aromatic N) is 2. The lowest BCUT2D eigenvalue weighted by molar-refractivity contribution is 0.476. The SMILES string of the molecule is CCCc1nnc(/C=C/c2ccc(Oc3c(-c4ccc(F)cc4C)sc4cc(O)ccc34)cc2)o1. The summed E-state index contributed by atoms with van der Waals surface area (Å²) < 4.78 is 26.6. The Morgan fingerprint density at radius 3 is 2.63 bits per heavy atom. The lowest BCUT2D eigenvalue weighted by Gasteiger charge is -2.10. The molecule has 0 aliphatic rings. The molecule has 0 unspecified atom stereocenters. The van der Waals surface area contributed by atoms with E-state index in [1.54, 1.807) is 24.3 Å². The summed E-state index contributed by atoms with van der Waals surface area (Å²) in [5.41, 5.74) is 2.67. The van der Waals surface area contributed by atoms with Gasteiger partial charge in [-0.05, 0) is 78.6 Å². The second kappa shape index (κ2) is 9.72. The summed E-state index contributed by atoms with van der Waals surface area (Å²) >= 11 is 1.50. The zero-order valence-electron chi connectivity index (χ0n) is 19.3. The van der Waals surface area contributed by atoms with E-state index in [1.807, 2.05) is 43.3 Å². The number of thiophene rings is 1. The van der Waals surface area contributed by atoms with Crippen molar-refractivity contribution in [2.24, 2.45) is 0 Å². The van der Waals surface area contributed by atoms with Crippen molar-refractivity contribution in [2.45, 2.75) is 26.7 Å². The van der Waals surface area contributed by atoms with Crippen LogP contribution in [0.1, 0.15) is 36.3 Å². The second-order valence-corrected chi connectivity index (χ2v) is 9.24. The summed E-state index contributed by atoms with van der Waals surface area (Å²) in [6.07, 6.45) is 5.42. The highest BCUT2D eigenvalue weighted by Gasteiger charge is 2.18. The highest BCUT2D eigenvalue weighted by atomic mass is 32.1. The Kier molecular flexibility index (Phi) is 6.33. The van der Waals surface area contributed by atoms with E-state index in [1.165, 1.54) is 23.5 Å². The number of aryl methyl sites for hydroxylation is 2. The van der Waals surface area contributed by atoms with E-state index in [-0.39, 0.29) is 11.6 Å². The van der Waals surface area contributed by atoms with Gasteiger partial charge in [0, 0.05) is 22.6 Å². The zero-order chi connectivity index (χ0) is 24.4. The third-order valence-corrected chi connectivity index (χ3v) is 6.69. The minimum Gasteiger partial charge on any atom is -0.508 e. The molecule has 35 heavy (non-hydrogen) atoms. The fourth-order valence-corrected chi connectivity index (χ4v) is 5.06. The van der Waals surface area contributed by atoms with Gasteiger partial charge in [0.1, 0.15) is 17.3 Å². The first-order valence-electron chi connectivity index (χ1n) is 11.3. The number of halogens is 1. The normalized spacial score (nSPS) is 11.5. The second-order valence-electron chi connectivity index (χ2n) is 8.19. The number of hydrogen-bond donors (Lipinski definition) is 1. The summed E-state index contributed by atoms with van der Waals surface area (Å²) in [6, 6.07) is 17.6. The molecule has 176 valence electrons. The van der Waals surface area contributed by atoms with Crippen molar-refractivity contribution in [3.05, 3.63) is 89.4 Å². The fraction of sp³-hybridized carbons (Fsp3) is 0.143. The summed E-state index contributed by atoms with van der Waals surface area (Å²) in [5.74, 6) is 2.36. The molecule has 5 aromatic rings. The van der Waals surface area contributed by atoms with Crippen LogP contribution in [-0.4, -0.2) is 15.3 Å². The minimum atomic E-state index is -0.279. The van der Waals surface area contributed by atoms with Crippen LogP contribution in [0.5, 0.6) is 17.2 Å². The third-order valence-electron chi connectivity index (χ3n) is 5.53. The maximum absolute atomic E-state index is 13.7. The molecule has 0 aliphatic carbocycles. The van der Waals surface area contributed by atoms with E-state index in [4.69, 9.17) is 9.15 Å². The number of hydrogen-bond acceptors (Lipinski definition) is 6. The Balaban J connectivity index is 1.44. The van der Waals surface area contributed by atoms with Crippen molar-refractivity contribution in [1.82, 2.24) is 10.2 Å². The molecule has 0 saturated carbocycles. The Morgan fingerprint density at radius 2 is 1.86 bits per heavy atom. The number of fused-ring (bicyclic) bond motifs is 1. The van der Waals surface area contributed by atoms with Crippen LogP contribution in [0.25, 0.3) is 32.7 Å². The number of benzene rings is 3. The maximum Gasteiger partial charge on any atom is 0.240 e. The molecule has 0 atom stereocenters. The Labute approximate surface area is 206 Å². The topological polar surface area (TPSA) is 68.4 Å². The third kappa shape index (κ3) is 4.95. The predicted molar refractivity (Wildman–Crippen MR) is 137 cm³/mol. The van der Waals surface area contributed by atoms with Gasteiger partial charge in [0.2, 0.25) is 11.8 Å². The lowest BCUT2D eigenvalue weighted by atomic mass is 10.1. The number of rotatable bonds is 7. The quantitative estimate of drug-likeness (QED) is 0.252. The van der Waals surface area contributed by atoms with Gasteiger partial charge >= 0.3 is 0 Å². The van der Waals surface area contributed by atoms with Crippen molar-refractivity contribution >= 4 is 33.6 Å². The van der Waals surface area contributed by atoms with Gasteiger partial charge in [0.15, 0.2) is 5.75 Å². The molecule has 3 aromatic carbocycles. The van der Waals surface area contributed by atoms with Gasteiger partial charge in [0.25, 0.3) is 0 Å². The molecule has 5 nitrogen and oxygen atoms in total. The summed E-state index contributed by atoms with van der Waals surface area (Å²) in [5, 5.41) is 18.9. The average Bonchev–Trinajstić information content (AvgIpc) is 3.43. The standard InChI is InChI=1S/C28H23FN2O3S/c1-3-4-25-30-31-26(34-25)14-7-18-5-10-21(11-6-18)33-27-23-13-9-20(32)16-24(23)35-28(27)22-12-8-19(29)15-17(22)2/h5-16,32H,3-4H2,1-2H3/b14-7+. The van der Waals surface area contributed by atoms with Crippen LogP contribution in [0.4, 0.5) is 4.39 Å². The highest BCUT2D eigenvalue weighted by molar-refractivity contribution is 7.22. The van der Waals surface area contributed by atoms with Gasteiger partial charge in [-0.3, -0.25) is 0 Å². The molecular weight excluding hydrogens is 463 g/mol. The zero-order valence-corrected chi connectivity index (χ0v) is 20.1. The van der Waals surface area contributed by atoms with Crippen molar-refractivity contribution in [3.63, 3.8) is 0 Å². The Morgan fingerprint density at radius 1 is 1.03 bits per heavy atom. The van der Waals surface area contributed by atoms with E-state index in [0.717, 1.165) is 44.5 Å². The molecule has 7 heteroatoms. The van der Waals surface area contributed by atoms with Gasteiger partial charge in [-0.1, -0.05) is 25.1 Å². The fourth-order valence-electron chi connectivity index (χ4n) is 3.80. The van der Waals surface area contributed by atoms with Crippen LogP contribution in [-0.2, 0) is 6.42 Å². The molecule has 0 amide bonds. The van der Waals surface area contributed by atoms with E-state index < -0.39 is 0 Å². The van der Waals surface area contributed by atoms with Crippen molar-refractivity contribution in [2.75, 3.05) is 0 Å². The van der Waals surface area contributed by atoms with Crippen LogP contribution in [0.2, 0.25) is 0 Å². The minimum absolute atomic E-state index is 0.187. The summed E-state index contributed by atoms with van der Waals surface area (Å²) in [7, 11) is 0. The molecule has 0 bridgehead atoms. The Bertz CT molecular complexity index is 1520. The van der Waals surface area contributed by atoms with Crippen LogP contribution in [0, 0.1) is 12.7 Å². The largest absolute Gasteiger partial charge is 0.508 e. The molecule has 0 saturated heterocycles. The van der Waals surface area contributed by atoms with E-state index in [9.17, 15) is 9.50 Å². The number of phenolic OH excluding ortho intramolecular Hbond substituents is 1. The summed E-state index contributed by atoms with van der Waals surface area (Å²) in [4.78, 5) is 0.881. The van der Waals surface area contributed by atoms with Crippen LogP contribution in [0.3, 0.4) is 0 Å². The molecule has 5 rings (SSSR count). The molecule has 2 aromatic heterocycles. The van der Waals surface area contributed by atoms with Gasteiger partial charge in [0.05, 0.1) is 4.88 Å². The van der Waals surface area contributed by atoms with Gasteiger partial charge in [-0.15, -0.1) is 21.5 Å². The van der Waals surface area contributed by atoms with E-state index >= 15 is 0 Å². The number of ether oxygens (including phenoxy) is 1. The molecule has 0 fully saturated rings. The van der Waals surface area contributed by atoms with Gasteiger partial charge in [-0.25, -0.2) is 4.39 Å². The first-order valence-corrected chi connectivity index (χ1v) is 12.1.